The van der Waals surface area contributed by atoms with E-state index in [1.165, 1.54) is 12.1 Å². The summed E-state index contributed by atoms with van der Waals surface area (Å²) in [5.41, 5.74) is 1.58. The Labute approximate surface area is 160 Å². The predicted molar refractivity (Wildman–Crippen MR) is 106 cm³/mol. The van der Waals surface area contributed by atoms with Crippen LogP contribution in [0.15, 0.2) is 48.5 Å². The van der Waals surface area contributed by atoms with E-state index >= 15 is 0 Å². The van der Waals surface area contributed by atoms with Gasteiger partial charge in [-0.2, -0.15) is 0 Å². The van der Waals surface area contributed by atoms with Crippen LogP contribution >= 0.6 is 0 Å². The minimum atomic E-state index is -1.19. The van der Waals surface area contributed by atoms with Gasteiger partial charge in [0.2, 0.25) is 11.8 Å². The van der Waals surface area contributed by atoms with Gasteiger partial charge in [-0.15, -0.1) is 0 Å². The molecule has 0 saturated carbocycles. The molecule has 0 radical (unpaired) electrons. The van der Waals surface area contributed by atoms with Crippen LogP contribution in [0.3, 0.4) is 0 Å². The van der Waals surface area contributed by atoms with E-state index in [4.69, 9.17) is 0 Å². The number of amides is 2. The summed E-state index contributed by atoms with van der Waals surface area (Å²) in [5.74, 6) is -0.846. The topological polar surface area (TPSA) is 49.4 Å². The molecule has 0 unspecified atom stereocenters. The van der Waals surface area contributed by atoms with Gasteiger partial charge in [0.25, 0.3) is 0 Å². The molecule has 0 aliphatic rings. The van der Waals surface area contributed by atoms with Gasteiger partial charge in [0, 0.05) is 18.8 Å². The third kappa shape index (κ3) is 5.16. The summed E-state index contributed by atoms with van der Waals surface area (Å²) >= 11 is 0. The van der Waals surface area contributed by atoms with Gasteiger partial charge in [0.05, 0.1) is 0 Å². The molecule has 27 heavy (non-hydrogen) atoms. The second kappa shape index (κ2) is 8.80. The highest BCUT2D eigenvalue weighted by molar-refractivity contribution is 6.11. The van der Waals surface area contributed by atoms with Crippen molar-refractivity contribution in [1.82, 2.24) is 5.32 Å². The Hall–Kier alpha value is -2.69. The number of nitrogens with one attached hydrogen (secondary N) is 1. The molecule has 0 heterocycles. The minimum Gasteiger partial charge on any atom is -0.355 e. The van der Waals surface area contributed by atoms with E-state index in [-0.39, 0.29) is 17.6 Å². The highest BCUT2D eigenvalue weighted by atomic mass is 19.1. The van der Waals surface area contributed by atoms with Crippen LogP contribution in [0.25, 0.3) is 0 Å². The van der Waals surface area contributed by atoms with Gasteiger partial charge < -0.3 is 10.2 Å². The Kier molecular flexibility index (Phi) is 6.72. The van der Waals surface area contributed by atoms with Crippen molar-refractivity contribution >= 4 is 17.5 Å². The smallest absolute Gasteiger partial charge is 0.242 e. The van der Waals surface area contributed by atoms with Crippen molar-refractivity contribution in [2.75, 3.05) is 18.0 Å². The first-order valence-electron chi connectivity index (χ1n) is 9.17. The lowest BCUT2D eigenvalue weighted by Crippen LogP contribution is -2.50. The molecule has 0 aliphatic heterocycles. The number of nitrogens with zero attached hydrogens (tertiary/aromatic N) is 1. The Morgan fingerprint density at radius 1 is 1.11 bits per heavy atom. The van der Waals surface area contributed by atoms with E-state index in [0.29, 0.717) is 19.5 Å². The van der Waals surface area contributed by atoms with Gasteiger partial charge >= 0.3 is 0 Å². The number of rotatable bonds is 7. The normalized spacial score (nSPS) is 11.1. The van der Waals surface area contributed by atoms with E-state index in [1.807, 2.05) is 38.1 Å². The van der Waals surface area contributed by atoms with Gasteiger partial charge in [-0.3, -0.25) is 9.59 Å². The molecule has 4 nitrogen and oxygen atoms in total. The summed E-state index contributed by atoms with van der Waals surface area (Å²) in [7, 11) is 0. The number of aryl methyl sites for hydroxylation is 1. The van der Waals surface area contributed by atoms with Gasteiger partial charge in [-0.25, -0.2) is 4.39 Å². The first-order chi connectivity index (χ1) is 12.8. The van der Waals surface area contributed by atoms with Crippen molar-refractivity contribution < 1.29 is 14.0 Å². The summed E-state index contributed by atoms with van der Waals surface area (Å²) in [6.45, 7) is 8.01. The lowest BCUT2D eigenvalue weighted by Gasteiger charge is -2.30. The minimum absolute atomic E-state index is 0.241. The first-order valence-corrected chi connectivity index (χ1v) is 9.17. The van der Waals surface area contributed by atoms with Crippen LogP contribution in [0.5, 0.6) is 0 Å². The molecule has 0 bridgehead atoms. The zero-order valence-corrected chi connectivity index (χ0v) is 16.4. The average molecular weight is 370 g/mol. The van der Waals surface area contributed by atoms with Crippen LogP contribution < -0.4 is 10.2 Å². The van der Waals surface area contributed by atoms with Crippen molar-refractivity contribution in [3.63, 3.8) is 0 Å². The molecule has 2 amide bonds. The number of benzene rings is 2. The van der Waals surface area contributed by atoms with Crippen LogP contribution in [-0.4, -0.2) is 24.9 Å². The molecule has 1 N–H and O–H groups in total. The maximum atomic E-state index is 13.0. The molecule has 0 fully saturated rings. The Bertz CT molecular complexity index is 800. The third-order valence-corrected chi connectivity index (χ3v) is 4.59. The van der Waals surface area contributed by atoms with Crippen LogP contribution in [0, 0.1) is 18.2 Å². The summed E-state index contributed by atoms with van der Waals surface area (Å²) in [5, 5.41) is 2.83. The standard InChI is InChI=1S/C22H27FN2O2/c1-5-25(19-8-6-7-16(2)15-19)21(27)22(3,4)20(26)24-14-13-17-9-11-18(23)12-10-17/h6-12,15H,5,13-14H2,1-4H3,(H,24,26). The number of hydrogen-bond donors (Lipinski definition) is 1. The first kappa shape index (κ1) is 20.6. The molecule has 144 valence electrons. The van der Waals surface area contributed by atoms with E-state index < -0.39 is 5.41 Å². The number of carbonyl (C=O) groups is 2. The van der Waals surface area contributed by atoms with E-state index in [9.17, 15) is 14.0 Å². The molecule has 0 aliphatic carbocycles. The Morgan fingerprint density at radius 3 is 2.37 bits per heavy atom. The molecular formula is C22H27FN2O2. The second-order valence-electron chi connectivity index (χ2n) is 7.15. The quantitative estimate of drug-likeness (QED) is 0.752. The molecule has 0 spiro atoms. The maximum absolute atomic E-state index is 13.0. The van der Waals surface area contributed by atoms with E-state index in [1.54, 1.807) is 30.9 Å². The van der Waals surface area contributed by atoms with Crippen molar-refractivity contribution in [1.29, 1.82) is 0 Å². The SMILES string of the molecule is CCN(C(=O)C(C)(C)C(=O)NCCc1ccc(F)cc1)c1cccc(C)c1. The zero-order chi connectivity index (χ0) is 20.0. The van der Waals surface area contributed by atoms with Crippen LogP contribution in [0.2, 0.25) is 0 Å². The molecular weight excluding hydrogens is 343 g/mol. The van der Waals surface area contributed by atoms with Crippen molar-refractivity contribution in [2.45, 2.75) is 34.1 Å². The second-order valence-corrected chi connectivity index (χ2v) is 7.15. The fourth-order valence-corrected chi connectivity index (χ4v) is 2.87. The molecule has 2 aromatic carbocycles. The molecule has 0 aromatic heterocycles. The molecule has 2 aromatic rings. The van der Waals surface area contributed by atoms with Gasteiger partial charge in [-0.05, 0) is 69.5 Å². The van der Waals surface area contributed by atoms with Gasteiger partial charge in [0.15, 0.2) is 0 Å². The number of hydrogen-bond acceptors (Lipinski definition) is 2. The zero-order valence-electron chi connectivity index (χ0n) is 16.4. The van der Waals surface area contributed by atoms with Crippen molar-refractivity contribution in [2.24, 2.45) is 5.41 Å². The van der Waals surface area contributed by atoms with Gasteiger partial charge in [0.1, 0.15) is 11.2 Å². The highest BCUT2D eigenvalue weighted by Gasteiger charge is 2.39. The predicted octanol–water partition coefficient (Wildman–Crippen LogP) is 3.87. The Morgan fingerprint density at radius 2 is 1.78 bits per heavy atom. The lowest BCUT2D eigenvalue weighted by molar-refractivity contribution is -0.139. The van der Waals surface area contributed by atoms with Crippen LogP contribution in [-0.2, 0) is 16.0 Å². The average Bonchev–Trinajstić information content (AvgIpc) is 2.63. The van der Waals surface area contributed by atoms with E-state index in [2.05, 4.69) is 5.32 Å². The molecule has 5 heteroatoms. The van der Waals surface area contributed by atoms with Crippen LogP contribution in [0.1, 0.15) is 31.9 Å². The molecule has 2 rings (SSSR count). The number of anilines is 1. The van der Waals surface area contributed by atoms with Crippen LogP contribution in [0.4, 0.5) is 10.1 Å². The molecule has 0 saturated heterocycles. The van der Waals surface area contributed by atoms with Crippen molar-refractivity contribution in [3.8, 4) is 0 Å². The summed E-state index contributed by atoms with van der Waals surface area (Å²) < 4.78 is 12.9. The largest absolute Gasteiger partial charge is 0.355 e. The lowest BCUT2D eigenvalue weighted by atomic mass is 9.89. The van der Waals surface area contributed by atoms with Crippen molar-refractivity contribution in [3.05, 3.63) is 65.5 Å². The maximum Gasteiger partial charge on any atom is 0.242 e. The highest BCUT2D eigenvalue weighted by Crippen LogP contribution is 2.25. The van der Waals surface area contributed by atoms with E-state index in [0.717, 1.165) is 16.8 Å². The fraction of sp³-hybridized carbons (Fsp3) is 0.364. The Balaban J connectivity index is 2.02. The van der Waals surface area contributed by atoms with Gasteiger partial charge in [-0.1, -0.05) is 24.3 Å². The fourth-order valence-electron chi connectivity index (χ4n) is 2.87. The summed E-state index contributed by atoms with van der Waals surface area (Å²) in [6, 6.07) is 13.8. The summed E-state index contributed by atoms with van der Waals surface area (Å²) in [6.07, 6.45) is 0.575. The summed E-state index contributed by atoms with van der Waals surface area (Å²) in [4.78, 5) is 27.3. The number of carbonyl (C=O) groups excluding carboxylic acids is 2. The number of halogens is 1. The third-order valence-electron chi connectivity index (χ3n) is 4.59. The molecule has 0 atom stereocenters. The monoisotopic (exact) mass is 370 g/mol.